The van der Waals surface area contributed by atoms with Gasteiger partial charge in [-0.25, -0.2) is 5.11 Å². The lowest BCUT2D eigenvalue weighted by Gasteiger charge is -2.04. The molecule has 0 aliphatic carbocycles. The number of rotatable bonds is 11. The predicted octanol–water partition coefficient (Wildman–Crippen LogP) is 0.777. The summed E-state index contributed by atoms with van der Waals surface area (Å²) in [7, 11) is 0. The largest absolute Gasteiger partial charge is 0.379 e. The number of nitrogens with zero attached hydrogens (tertiary/aromatic N) is 3. The summed E-state index contributed by atoms with van der Waals surface area (Å²) in [6, 6.07) is 0. The Morgan fingerprint density at radius 3 is 2.00 bits per heavy atom. The van der Waals surface area contributed by atoms with Gasteiger partial charge in [-0.05, 0) is 5.53 Å². The number of hydrogen-bond acceptors (Lipinski definition) is 4. The first-order chi connectivity index (χ1) is 7.41. The van der Waals surface area contributed by atoms with Crippen molar-refractivity contribution in [3.05, 3.63) is 10.4 Å². The van der Waals surface area contributed by atoms with Crippen molar-refractivity contribution in [2.24, 2.45) is 5.11 Å². The standard InChI is InChI=1S/C8H16N3O4/c9-11-10-1-3-13-5-7-15-8-6-14-4-2-12/h1-8H2. The quantitative estimate of drug-likeness (QED) is 0.222. The van der Waals surface area contributed by atoms with E-state index in [1.807, 2.05) is 0 Å². The fraction of sp³-hybridized carbons (Fsp3) is 1.00. The molecule has 15 heavy (non-hydrogen) atoms. The number of azide groups is 1. The van der Waals surface area contributed by atoms with Gasteiger partial charge in [-0.1, -0.05) is 5.11 Å². The van der Waals surface area contributed by atoms with Crippen LogP contribution in [0.5, 0.6) is 0 Å². The third-order valence-electron chi connectivity index (χ3n) is 1.37. The molecule has 0 unspecified atom stereocenters. The van der Waals surface area contributed by atoms with Crippen LogP contribution in [-0.4, -0.2) is 52.8 Å². The number of hydrogen-bond donors (Lipinski definition) is 0. The van der Waals surface area contributed by atoms with E-state index in [2.05, 4.69) is 10.0 Å². The van der Waals surface area contributed by atoms with Gasteiger partial charge in [0, 0.05) is 11.5 Å². The summed E-state index contributed by atoms with van der Waals surface area (Å²) in [4.78, 5) is 2.58. The second-order valence-electron chi connectivity index (χ2n) is 2.50. The van der Waals surface area contributed by atoms with Crippen LogP contribution in [0.2, 0.25) is 0 Å². The van der Waals surface area contributed by atoms with Gasteiger partial charge < -0.3 is 14.2 Å². The van der Waals surface area contributed by atoms with Crippen LogP contribution in [0.25, 0.3) is 10.4 Å². The van der Waals surface area contributed by atoms with E-state index < -0.39 is 0 Å². The van der Waals surface area contributed by atoms with Crippen LogP contribution < -0.4 is 0 Å². The van der Waals surface area contributed by atoms with Crippen LogP contribution in [0.15, 0.2) is 5.11 Å². The Kier molecular flexibility index (Phi) is 12.4. The molecule has 0 fully saturated rings. The van der Waals surface area contributed by atoms with Crippen molar-refractivity contribution < 1.29 is 19.3 Å². The molecular weight excluding hydrogens is 202 g/mol. The Labute approximate surface area is 88.6 Å². The molecule has 0 amide bonds. The molecule has 1 radical (unpaired) electrons. The minimum absolute atomic E-state index is 0.220. The van der Waals surface area contributed by atoms with E-state index in [-0.39, 0.29) is 13.2 Å². The fourth-order valence-electron chi connectivity index (χ4n) is 0.751. The van der Waals surface area contributed by atoms with Gasteiger partial charge in [-0.15, -0.1) is 0 Å². The summed E-state index contributed by atoms with van der Waals surface area (Å²) in [6.45, 7) is 2.57. The zero-order valence-corrected chi connectivity index (χ0v) is 8.63. The highest BCUT2D eigenvalue weighted by molar-refractivity contribution is 4.44. The molecule has 0 N–H and O–H groups in total. The molecule has 0 atom stereocenters. The summed E-state index contributed by atoms with van der Waals surface area (Å²) >= 11 is 0. The Morgan fingerprint density at radius 2 is 1.47 bits per heavy atom. The highest BCUT2D eigenvalue weighted by Gasteiger charge is 1.90. The Balaban J connectivity index is 2.89. The smallest absolute Gasteiger partial charge is 0.106 e. The molecule has 0 spiro atoms. The zero-order valence-electron chi connectivity index (χ0n) is 8.63. The fourth-order valence-corrected chi connectivity index (χ4v) is 0.751. The Bertz CT molecular complexity index is 173. The van der Waals surface area contributed by atoms with Crippen LogP contribution >= 0.6 is 0 Å². The molecule has 0 bridgehead atoms. The summed E-state index contributed by atoms with van der Waals surface area (Å²) in [6.07, 6.45) is 0. The molecule has 0 aliphatic rings. The van der Waals surface area contributed by atoms with Crippen molar-refractivity contribution in [1.29, 1.82) is 0 Å². The van der Waals surface area contributed by atoms with Crippen LogP contribution in [-0.2, 0) is 19.3 Å². The van der Waals surface area contributed by atoms with Crippen LogP contribution in [0.4, 0.5) is 0 Å². The molecule has 0 rings (SSSR count). The molecule has 7 heteroatoms. The van der Waals surface area contributed by atoms with Gasteiger partial charge in [0.1, 0.15) is 6.61 Å². The highest BCUT2D eigenvalue weighted by atomic mass is 16.5. The van der Waals surface area contributed by atoms with Gasteiger partial charge in [0.2, 0.25) is 0 Å². The molecular formula is C8H16N3O4. The molecule has 0 aromatic carbocycles. The minimum atomic E-state index is -0.220. The lowest BCUT2D eigenvalue weighted by molar-refractivity contribution is 0.00245. The summed E-state index contributed by atoms with van der Waals surface area (Å²) in [5.41, 5.74) is 7.95. The minimum Gasteiger partial charge on any atom is -0.379 e. The van der Waals surface area contributed by atoms with Gasteiger partial charge in [-0.2, -0.15) is 0 Å². The van der Waals surface area contributed by atoms with Gasteiger partial charge in [0.05, 0.1) is 39.6 Å². The zero-order chi connectivity index (χ0) is 11.2. The summed E-state index contributed by atoms with van der Waals surface area (Å²) in [5.74, 6) is 0. The van der Waals surface area contributed by atoms with Gasteiger partial charge >= 0.3 is 0 Å². The predicted molar refractivity (Wildman–Crippen MR) is 52.0 cm³/mol. The SMILES string of the molecule is [N-]=[N+]=NCCOCCOCCOCC[O]. The summed E-state index contributed by atoms with van der Waals surface area (Å²) in [5, 5.41) is 13.3. The lowest BCUT2D eigenvalue weighted by atomic mass is 10.7. The first-order valence-electron chi connectivity index (χ1n) is 4.74. The molecule has 0 aromatic rings. The number of ether oxygens (including phenoxy) is 3. The van der Waals surface area contributed by atoms with Crippen molar-refractivity contribution >= 4 is 0 Å². The van der Waals surface area contributed by atoms with E-state index in [1.54, 1.807) is 0 Å². The monoisotopic (exact) mass is 218 g/mol. The molecule has 0 heterocycles. The molecule has 87 valence electrons. The average molecular weight is 218 g/mol. The summed E-state index contributed by atoms with van der Waals surface area (Å²) < 4.78 is 15.1. The van der Waals surface area contributed by atoms with Gasteiger partial charge in [-0.3, -0.25) is 0 Å². The lowest BCUT2D eigenvalue weighted by Crippen LogP contribution is -2.11. The average Bonchev–Trinajstić information content (AvgIpc) is 2.26. The van der Waals surface area contributed by atoms with E-state index in [4.69, 9.17) is 19.7 Å². The second kappa shape index (κ2) is 13.2. The molecule has 0 aliphatic heterocycles. The van der Waals surface area contributed by atoms with Crippen molar-refractivity contribution in [1.82, 2.24) is 0 Å². The topological polar surface area (TPSA) is 96.4 Å². The van der Waals surface area contributed by atoms with E-state index in [0.717, 1.165) is 0 Å². The van der Waals surface area contributed by atoms with E-state index in [1.165, 1.54) is 0 Å². The van der Waals surface area contributed by atoms with Crippen molar-refractivity contribution in [3.8, 4) is 0 Å². The highest BCUT2D eigenvalue weighted by Crippen LogP contribution is 1.81. The molecule has 0 saturated heterocycles. The van der Waals surface area contributed by atoms with Gasteiger partial charge in [0.15, 0.2) is 0 Å². The van der Waals surface area contributed by atoms with Crippen molar-refractivity contribution in [3.63, 3.8) is 0 Å². The molecule has 7 nitrogen and oxygen atoms in total. The Morgan fingerprint density at radius 1 is 0.933 bits per heavy atom. The van der Waals surface area contributed by atoms with Crippen molar-refractivity contribution in [2.75, 3.05) is 52.8 Å². The third-order valence-corrected chi connectivity index (χ3v) is 1.37. The maximum Gasteiger partial charge on any atom is 0.106 e. The Hall–Kier alpha value is -0.850. The van der Waals surface area contributed by atoms with E-state index in [0.29, 0.717) is 39.6 Å². The van der Waals surface area contributed by atoms with E-state index >= 15 is 0 Å². The maximum atomic E-state index is 9.97. The first-order valence-corrected chi connectivity index (χ1v) is 4.74. The van der Waals surface area contributed by atoms with Crippen LogP contribution in [0.3, 0.4) is 0 Å². The second-order valence-corrected chi connectivity index (χ2v) is 2.50. The molecule has 0 aromatic heterocycles. The van der Waals surface area contributed by atoms with Crippen LogP contribution in [0, 0.1) is 0 Å². The van der Waals surface area contributed by atoms with Crippen LogP contribution in [0.1, 0.15) is 0 Å². The maximum absolute atomic E-state index is 9.97. The van der Waals surface area contributed by atoms with E-state index in [9.17, 15) is 5.11 Å². The van der Waals surface area contributed by atoms with Crippen molar-refractivity contribution in [2.45, 2.75) is 0 Å². The van der Waals surface area contributed by atoms with Gasteiger partial charge in [0.25, 0.3) is 0 Å². The third kappa shape index (κ3) is 13.2. The normalized spacial score (nSPS) is 9.93. The molecule has 0 saturated carbocycles. The first kappa shape index (κ1) is 14.2.